The fourth-order valence-electron chi connectivity index (χ4n) is 7.19. The van der Waals surface area contributed by atoms with Crippen molar-refractivity contribution in [2.24, 2.45) is 0 Å². The summed E-state index contributed by atoms with van der Waals surface area (Å²) in [6, 6.07) is 41.5. The Balaban J connectivity index is 1.50. The largest absolute Gasteiger partial charge is 0.307 e. The molecule has 0 spiro atoms. The van der Waals surface area contributed by atoms with E-state index in [0.29, 0.717) is 0 Å². The Labute approximate surface area is 245 Å². The van der Waals surface area contributed by atoms with Gasteiger partial charge >= 0.3 is 0 Å². The van der Waals surface area contributed by atoms with Crippen molar-refractivity contribution in [1.29, 1.82) is 0 Å². The average Bonchev–Trinajstić information content (AvgIpc) is 3.78. The van der Waals surface area contributed by atoms with Gasteiger partial charge < -0.3 is 9.13 Å². The molecule has 0 unspecified atom stereocenters. The van der Waals surface area contributed by atoms with E-state index in [1.807, 2.05) is 18.6 Å². The van der Waals surface area contributed by atoms with E-state index in [4.69, 9.17) is 4.98 Å². The Kier molecular flexibility index (Phi) is 4.39. The van der Waals surface area contributed by atoms with E-state index in [9.17, 15) is 0 Å². The van der Waals surface area contributed by atoms with Crippen molar-refractivity contribution in [2.45, 2.75) is 0 Å². The topological polar surface area (TPSA) is 40.0 Å². The lowest BCUT2D eigenvalue weighted by Gasteiger charge is -2.13. The molecule has 10 aromatic rings. The van der Waals surface area contributed by atoms with Gasteiger partial charge in [0.25, 0.3) is 0 Å². The second kappa shape index (κ2) is 8.30. The molecule has 0 bridgehead atoms. The highest BCUT2D eigenvalue weighted by atomic mass is 15.0. The number of fused-ring (bicyclic) bond motifs is 13. The molecule has 0 aliphatic rings. The van der Waals surface area contributed by atoms with Gasteiger partial charge in [-0.25, -0.2) is 4.98 Å². The number of aromatic nitrogens is 5. The monoisotopic (exact) mass is 549 g/mol. The Bertz CT molecular complexity index is 2710. The van der Waals surface area contributed by atoms with Crippen molar-refractivity contribution in [3.63, 3.8) is 0 Å². The van der Waals surface area contributed by atoms with Crippen LogP contribution in [0.1, 0.15) is 0 Å². The number of benzene rings is 5. The molecule has 5 heterocycles. The lowest BCUT2D eigenvalue weighted by atomic mass is 10.0. The average molecular weight is 550 g/mol. The molecule has 43 heavy (non-hydrogen) atoms. The summed E-state index contributed by atoms with van der Waals surface area (Å²) in [7, 11) is 0. The van der Waals surface area contributed by atoms with Crippen LogP contribution in [-0.4, -0.2) is 23.5 Å². The Morgan fingerprint density at radius 3 is 1.84 bits per heavy atom. The van der Waals surface area contributed by atoms with Crippen LogP contribution < -0.4 is 0 Å². The number of hydrogen-bond donors (Lipinski definition) is 0. The first-order valence-electron chi connectivity index (χ1n) is 14.5. The molecule has 0 saturated heterocycles. The Morgan fingerprint density at radius 1 is 0.442 bits per heavy atom. The first kappa shape index (κ1) is 22.7. The number of nitrogens with zero attached hydrogens (tertiary/aromatic N) is 5. The highest BCUT2D eigenvalue weighted by Crippen LogP contribution is 2.43. The molecule has 0 atom stereocenters. The molecule has 5 heteroatoms. The summed E-state index contributed by atoms with van der Waals surface area (Å²) in [4.78, 5) is 9.25. The zero-order valence-corrected chi connectivity index (χ0v) is 23.0. The number of hydrogen-bond acceptors (Lipinski definition) is 2. The van der Waals surface area contributed by atoms with Crippen LogP contribution in [0.15, 0.2) is 140 Å². The van der Waals surface area contributed by atoms with Gasteiger partial charge in [-0.15, -0.1) is 0 Å². The van der Waals surface area contributed by atoms with E-state index in [2.05, 4.69) is 140 Å². The van der Waals surface area contributed by atoms with Crippen LogP contribution in [0, 0.1) is 0 Å². The van der Waals surface area contributed by atoms with Gasteiger partial charge in [0, 0.05) is 73.9 Å². The molecule has 0 fully saturated rings. The first-order valence-corrected chi connectivity index (χ1v) is 14.5. The summed E-state index contributed by atoms with van der Waals surface area (Å²) in [6.45, 7) is 0. The molecule has 0 radical (unpaired) electrons. The van der Waals surface area contributed by atoms with E-state index in [0.717, 1.165) is 44.2 Å². The van der Waals surface area contributed by atoms with Gasteiger partial charge in [0.1, 0.15) is 5.65 Å². The zero-order chi connectivity index (χ0) is 28.1. The van der Waals surface area contributed by atoms with Crippen molar-refractivity contribution in [1.82, 2.24) is 23.5 Å². The van der Waals surface area contributed by atoms with E-state index >= 15 is 0 Å². The normalized spacial score (nSPS) is 12.2. The fraction of sp³-hybridized carbons (Fsp3) is 0. The number of imidazole rings is 1. The Hall–Kier alpha value is -5.94. The van der Waals surface area contributed by atoms with Crippen LogP contribution in [0.2, 0.25) is 0 Å². The van der Waals surface area contributed by atoms with Crippen LogP contribution >= 0.6 is 0 Å². The molecule has 0 aliphatic heterocycles. The summed E-state index contributed by atoms with van der Waals surface area (Å²) >= 11 is 0. The van der Waals surface area contributed by atoms with Gasteiger partial charge in [0.2, 0.25) is 0 Å². The van der Waals surface area contributed by atoms with Crippen molar-refractivity contribution < 1.29 is 0 Å². The fourth-order valence-corrected chi connectivity index (χ4v) is 7.19. The summed E-state index contributed by atoms with van der Waals surface area (Å²) in [6.07, 6.45) is 7.76. The van der Waals surface area contributed by atoms with Gasteiger partial charge in [-0.1, -0.05) is 66.7 Å². The summed E-state index contributed by atoms with van der Waals surface area (Å²) in [5.74, 6) is 0. The molecular weight excluding hydrogens is 526 g/mol. The third-order valence-corrected chi connectivity index (χ3v) is 8.96. The Morgan fingerprint density at radius 2 is 1.07 bits per heavy atom. The highest BCUT2D eigenvalue weighted by molar-refractivity contribution is 6.26. The van der Waals surface area contributed by atoms with Crippen LogP contribution in [-0.2, 0) is 0 Å². The van der Waals surface area contributed by atoms with Crippen molar-refractivity contribution >= 4 is 70.9 Å². The second-order valence-electron chi connectivity index (χ2n) is 11.1. The second-order valence-corrected chi connectivity index (χ2v) is 11.1. The van der Waals surface area contributed by atoms with Crippen LogP contribution in [0.3, 0.4) is 0 Å². The molecule has 0 saturated carbocycles. The molecule has 5 aromatic carbocycles. The summed E-state index contributed by atoms with van der Waals surface area (Å²) < 4.78 is 7.09. The molecule has 0 amide bonds. The van der Waals surface area contributed by atoms with Crippen LogP contribution in [0.25, 0.3) is 82.3 Å². The minimum absolute atomic E-state index is 0.947. The third kappa shape index (κ3) is 2.95. The van der Waals surface area contributed by atoms with Crippen molar-refractivity contribution in [2.75, 3.05) is 0 Å². The summed E-state index contributed by atoms with van der Waals surface area (Å²) in [5.41, 5.74) is 9.10. The molecule has 10 rings (SSSR count). The van der Waals surface area contributed by atoms with Gasteiger partial charge in [0.15, 0.2) is 0 Å². The number of pyridine rings is 2. The van der Waals surface area contributed by atoms with Gasteiger partial charge in [-0.05, 0) is 48.5 Å². The van der Waals surface area contributed by atoms with Crippen LogP contribution in [0.4, 0.5) is 0 Å². The summed E-state index contributed by atoms with van der Waals surface area (Å²) in [5, 5.41) is 8.26. The molecule has 0 N–H and O–H groups in total. The molecular formula is C38H23N5. The smallest absolute Gasteiger partial charge is 0.145 e. The van der Waals surface area contributed by atoms with Crippen LogP contribution in [0.5, 0.6) is 0 Å². The van der Waals surface area contributed by atoms with E-state index in [-0.39, 0.29) is 0 Å². The number of rotatable bonds is 2. The standard InChI is InChI=1S/C38H23N5/c1-3-9-24(10-4-1)42-33-14-8-7-13-26(33)27-15-16-28-30-21-34-31(32-23-39-18-17-29(32)38-40-19-20-41(34)38)22-35(30)43(37(28)36(27)42)25-11-5-2-6-12-25/h1-23H. The molecule has 200 valence electrons. The van der Waals surface area contributed by atoms with Gasteiger partial charge in [-0.2, -0.15) is 0 Å². The van der Waals surface area contributed by atoms with E-state index in [1.165, 1.54) is 38.1 Å². The zero-order valence-electron chi connectivity index (χ0n) is 23.0. The minimum atomic E-state index is 0.947. The molecule has 0 aliphatic carbocycles. The van der Waals surface area contributed by atoms with Crippen molar-refractivity contribution in [3.05, 3.63) is 140 Å². The van der Waals surface area contributed by atoms with E-state index in [1.54, 1.807) is 0 Å². The lowest BCUT2D eigenvalue weighted by Crippen LogP contribution is -1.98. The predicted molar refractivity (Wildman–Crippen MR) is 177 cm³/mol. The quantitative estimate of drug-likeness (QED) is 0.202. The third-order valence-electron chi connectivity index (χ3n) is 8.96. The maximum Gasteiger partial charge on any atom is 0.145 e. The van der Waals surface area contributed by atoms with E-state index < -0.39 is 0 Å². The highest BCUT2D eigenvalue weighted by Gasteiger charge is 2.22. The minimum Gasteiger partial charge on any atom is -0.307 e. The molecule has 5 aromatic heterocycles. The van der Waals surface area contributed by atoms with Gasteiger partial charge in [0.05, 0.1) is 27.6 Å². The van der Waals surface area contributed by atoms with Crippen molar-refractivity contribution in [3.8, 4) is 11.4 Å². The maximum absolute atomic E-state index is 4.73. The molecule has 5 nitrogen and oxygen atoms in total. The maximum atomic E-state index is 4.73. The predicted octanol–water partition coefficient (Wildman–Crippen LogP) is 9.23. The lowest BCUT2D eigenvalue weighted by molar-refractivity contribution is 1.15. The van der Waals surface area contributed by atoms with Gasteiger partial charge in [-0.3, -0.25) is 9.38 Å². The number of para-hydroxylation sites is 3. The SMILES string of the molecule is c1ccc(-n2c3ccccc3c3ccc4c5cc6c(cc5n(-c5ccccc5)c4c32)c2cnccc2c2nccn62)cc1. The first-order chi connectivity index (χ1) is 21.4.